The SMILES string of the molecule is O=C(c1nc(N2CCCC2)sc1Cl)N1CCC(Oc2ccc(Cl)cc2)CC1. The van der Waals surface area contributed by atoms with Crippen molar-refractivity contribution in [3.63, 3.8) is 0 Å². The van der Waals surface area contributed by atoms with Crippen LogP contribution in [0.3, 0.4) is 0 Å². The second kappa shape index (κ2) is 8.25. The Morgan fingerprint density at radius 1 is 1.07 bits per heavy atom. The molecule has 0 radical (unpaired) electrons. The van der Waals surface area contributed by atoms with Crippen molar-refractivity contribution in [1.29, 1.82) is 0 Å². The number of hydrogen-bond donors (Lipinski definition) is 0. The van der Waals surface area contributed by atoms with Gasteiger partial charge >= 0.3 is 0 Å². The number of likely N-dealkylation sites (tertiary alicyclic amines) is 1. The zero-order valence-electron chi connectivity index (χ0n) is 14.9. The van der Waals surface area contributed by atoms with Gasteiger partial charge in [0, 0.05) is 44.0 Å². The zero-order chi connectivity index (χ0) is 18.8. The van der Waals surface area contributed by atoms with Crippen LogP contribution in [-0.2, 0) is 0 Å². The molecule has 2 fully saturated rings. The fourth-order valence-corrected chi connectivity index (χ4v) is 4.79. The summed E-state index contributed by atoms with van der Waals surface area (Å²) in [6, 6.07) is 7.37. The van der Waals surface area contributed by atoms with E-state index >= 15 is 0 Å². The molecule has 0 spiro atoms. The number of ether oxygens (including phenoxy) is 1. The first-order valence-corrected chi connectivity index (χ1v) is 10.8. The van der Waals surface area contributed by atoms with Crippen molar-refractivity contribution in [3.05, 3.63) is 39.3 Å². The fraction of sp³-hybridized carbons (Fsp3) is 0.474. The highest BCUT2D eigenvalue weighted by Gasteiger charge is 2.29. The van der Waals surface area contributed by atoms with Gasteiger partial charge in [-0.15, -0.1) is 0 Å². The van der Waals surface area contributed by atoms with E-state index < -0.39 is 0 Å². The maximum Gasteiger partial charge on any atom is 0.274 e. The third-order valence-electron chi connectivity index (χ3n) is 5.00. The van der Waals surface area contributed by atoms with Crippen molar-refractivity contribution >= 4 is 45.6 Å². The molecular weight excluding hydrogens is 405 g/mol. The van der Waals surface area contributed by atoms with Crippen molar-refractivity contribution in [1.82, 2.24) is 9.88 Å². The minimum absolute atomic E-state index is 0.0772. The molecule has 3 heterocycles. The Bertz CT molecular complexity index is 798. The summed E-state index contributed by atoms with van der Waals surface area (Å²) in [6.45, 7) is 3.27. The lowest BCUT2D eigenvalue weighted by Crippen LogP contribution is -2.42. The molecule has 0 unspecified atom stereocenters. The summed E-state index contributed by atoms with van der Waals surface area (Å²) in [6.07, 6.45) is 4.01. The van der Waals surface area contributed by atoms with Gasteiger partial charge < -0.3 is 14.5 Å². The second-order valence-electron chi connectivity index (χ2n) is 6.88. The van der Waals surface area contributed by atoms with Crippen LogP contribution in [-0.4, -0.2) is 48.1 Å². The molecule has 0 aliphatic carbocycles. The molecule has 2 aliphatic rings. The van der Waals surface area contributed by atoms with Gasteiger partial charge in [0.05, 0.1) is 0 Å². The van der Waals surface area contributed by atoms with Crippen LogP contribution in [0.25, 0.3) is 0 Å². The summed E-state index contributed by atoms with van der Waals surface area (Å²) in [5.41, 5.74) is 0.389. The molecule has 4 rings (SSSR count). The van der Waals surface area contributed by atoms with E-state index in [1.807, 2.05) is 29.2 Å². The first-order chi connectivity index (χ1) is 13.1. The molecule has 1 aromatic carbocycles. The largest absolute Gasteiger partial charge is 0.490 e. The number of nitrogens with zero attached hydrogens (tertiary/aromatic N) is 3. The van der Waals surface area contributed by atoms with E-state index in [1.165, 1.54) is 24.2 Å². The zero-order valence-corrected chi connectivity index (χ0v) is 17.2. The number of carbonyl (C=O) groups is 1. The maximum absolute atomic E-state index is 12.9. The standard InChI is InChI=1S/C19H21Cl2N3O2S/c20-13-3-5-14(6-4-13)26-15-7-11-23(12-8-15)18(25)16-17(21)27-19(22-16)24-9-1-2-10-24/h3-6,15H,1-2,7-12H2. The van der Waals surface area contributed by atoms with Crippen molar-refractivity contribution in [2.75, 3.05) is 31.1 Å². The molecule has 2 saturated heterocycles. The van der Waals surface area contributed by atoms with Crippen LogP contribution in [0.4, 0.5) is 5.13 Å². The molecule has 2 aliphatic heterocycles. The summed E-state index contributed by atoms with van der Waals surface area (Å²) in [5, 5.41) is 1.55. The Balaban J connectivity index is 1.35. The number of thiazole rings is 1. The average molecular weight is 426 g/mol. The van der Waals surface area contributed by atoms with Gasteiger partial charge in [-0.25, -0.2) is 4.98 Å². The molecule has 1 amide bonds. The highest BCUT2D eigenvalue weighted by Crippen LogP contribution is 2.33. The van der Waals surface area contributed by atoms with Crippen molar-refractivity contribution in [2.45, 2.75) is 31.8 Å². The second-order valence-corrected chi connectivity index (χ2v) is 8.89. The number of amides is 1. The highest BCUT2D eigenvalue weighted by molar-refractivity contribution is 7.19. The van der Waals surface area contributed by atoms with Crippen LogP contribution >= 0.6 is 34.5 Å². The Labute approximate surface area is 172 Å². The van der Waals surface area contributed by atoms with E-state index in [9.17, 15) is 4.79 Å². The molecule has 0 atom stereocenters. The van der Waals surface area contributed by atoms with Gasteiger partial charge in [0.1, 0.15) is 16.2 Å². The quantitative estimate of drug-likeness (QED) is 0.709. The third-order valence-corrected chi connectivity index (χ3v) is 6.57. The van der Waals surface area contributed by atoms with Crippen LogP contribution in [0.5, 0.6) is 5.75 Å². The van der Waals surface area contributed by atoms with E-state index in [0.29, 0.717) is 28.1 Å². The maximum atomic E-state index is 12.9. The van der Waals surface area contributed by atoms with Crippen LogP contribution in [0.2, 0.25) is 9.36 Å². The minimum atomic E-state index is -0.0772. The Kier molecular flexibility index (Phi) is 5.76. The average Bonchev–Trinajstić information content (AvgIpc) is 3.33. The summed E-state index contributed by atoms with van der Waals surface area (Å²) in [5.74, 6) is 0.730. The molecule has 5 nitrogen and oxygen atoms in total. The molecule has 0 saturated carbocycles. The molecule has 1 aromatic heterocycles. The lowest BCUT2D eigenvalue weighted by molar-refractivity contribution is 0.0591. The first kappa shape index (κ1) is 18.8. The van der Waals surface area contributed by atoms with Crippen molar-refractivity contribution < 1.29 is 9.53 Å². The number of halogens is 2. The van der Waals surface area contributed by atoms with Crippen molar-refractivity contribution in [3.8, 4) is 5.75 Å². The van der Waals surface area contributed by atoms with Crippen LogP contribution in [0.15, 0.2) is 24.3 Å². The van der Waals surface area contributed by atoms with E-state index in [0.717, 1.165) is 36.8 Å². The summed E-state index contributed by atoms with van der Waals surface area (Å²) in [4.78, 5) is 21.4. The van der Waals surface area contributed by atoms with E-state index in [2.05, 4.69) is 9.88 Å². The lowest BCUT2D eigenvalue weighted by atomic mass is 10.1. The van der Waals surface area contributed by atoms with Crippen LogP contribution < -0.4 is 9.64 Å². The Morgan fingerprint density at radius 3 is 2.41 bits per heavy atom. The van der Waals surface area contributed by atoms with Gasteiger partial charge in [0.25, 0.3) is 5.91 Å². The molecule has 144 valence electrons. The van der Waals surface area contributed by atoms with Gasteiger partial charge in [-0.1, -0.05) is 34.5 Å². The number of piperidine rings is 1. The molecule has 2 aromatic rings. The van der Waals surface area contributed by atoms with E-state index in [-0.39, 0.29) is 12.0 Å². The van der Waals surface area contributed by atoms with Crippen LogP contribution in [0.1, 0.15) is 36.2 Å². The van der Waals surface area contributed by atoms with Gasteiger partial charge in [0.2, 0.25) is 0 Å². The Hall–Kier alpha value is -1.50. The monoisotopic (exact) mass is 425 g/mol. The highest BCUT2D eigenvalue weighted by atomic mass is 35.5. The summed E-state index contributed by atoms with van der Waals surface area (Å²) in [7, 11) is 0. The first-order valence-electron chi connectivity index (χ1n) is 9.23. The fourth-order valence-electron chi connectivity index (χ4n) is 3.50. The number of hydrogen-bond acceptors (Lipinski definition) is 5. The number of aromatic nitrogens is 1. The number of rotatable bonds is 4. The minimum Gasteiger partial charge on any atom is -0.490 e. The number of carbonyl (C=O) groups excluding carboxylic acids is 1. The summed E-state index contributed by atoms with van der Waals surface area (Å²) >= 11 is 13.6. The lowest BCUT2D eigenvalue weighted by Gasteiger charge is -2.31. The topological polar surface area (TPSA) is 45.7 Å². The third kappa shape index (κ3) is 4.33. The van der Waals surface area contributed by atoms with Gasteiger partial charge in [0.15, 0.2) is 10.8 Å². The molecule has 27 heavy (non-hydrogen) atoms. The van der Waals surface area contributed by atoms with E-state index in [4.69, 9.17) is 27.9 Å². The predicted octanol–water partition coefficient (Wildman–Crippen LogP) is 4.73. The summed E-state index contributed by atoms with van der Waals surface area (Å²) < 4.78 is 6.48. The van der Waals surface area contributed by atoms with Crippen LogP contribution in [0, 0.1) is 0 Å². The number of anilines is 1. The molecular formula is C19H21Cl2N3O2S. The van der Waals surface area contributed by atoms with E-state index in [1.54, 1.807) is 0 Å². The predicted molar refractivity (Wildman–Crippen MR) is 110 cm³/mol. The molecule has 0 N–H and O–H groups in total. The smallest absolute Gasteiger partial charge is 0.274 e. The van der Waals surface area contributed by atoms with Gasteiger partial charge in [-0.3, -0.25) is 4.79 Å². The van der Waals surface area contributed by atoms with Gasteiger partial charge in [-0.2, -0.15) is 0 Å². The normalized spacial score (nSPS) is 18.1. The molecule has 0 bridgehead atoms. The Morgan fingerprint density at radius 2 is 1.74 bits per heavy atom. The van der Waals surface area contributed by atoms with Crippen molar-refractivity contribution in [2.24, 2.45) is 0 Å². The molecule has 8 heteroatoms. The number of benzene rings is 1. The van der Waals surface area contributed by atoms with Gasteiger partial charge in [-0.05, 0) is 37.1 Å².